The molecule has 3 amide bonds. The fourth-order valence-corrected chi connectivity index (χ4v) is 3.35. The van der Waals surface area contributed by atoms with Crippen LogP contribution < -0.4 is 44.6 Å². The molecular formula is C21H42N10O5S. The molecule has 37 heavy (non-hydrogen) atoms. The van der Waals surface area contributed by atoms with Crippen molar-refractivity contribution >= 4 is 48.2 Å². The number of amides is 3. The number of carbonyl (C=O) groups excluding carboxylic acids is 3. The molecule has 0 radical (unpaired) electrons. The minimum Gasteiger partial charge on any atom is -0.480 e. The fraction of sp³-hybridized carbons (Fsp3) is 0.714. The number of thiol groups is 1. The summed E-state index contributed by atoms with van der Waals surface area (Å²) in [6, 6.07) is -4.26. The first-order valence-corrected chi connectivity index (χ1v) is 12.6. The molecule has 0 aromatic carbocycles. The number of aliphatic carboxylic acids is 1. The van der Waals surface area contributed by atoms with Crippen molar-refractivity contribution in [1.82, 2.24) is 16.0 Å². The molecule has 0 aromatic rings. The first-order valence-electron chi connectivity index (χ1n) is 11.9. The first kappa shape index (κ1) is 33.7. The van der Waals surface area contributed by atoms with Crippen molar-refractivity contribution in [3.05, 3.63) is 0 Å². The summed E-state index contributed by atoms with van der Waals surface area (Å²) in [5.74, 6) is -3.78. The van der Waals surface area contributed by atoms with E-state index < -0.39 is 47.9 Å². The highest BCUT2D eigenvalue weighted by molar-refractivity contribution is 7.80. The van der Waals surface area contributed by atoms with Crippen LogP contribution in [0.2, 0.25) is 0 Å². The van der Waals surface area contributed by atoms with Gasteiger partial charge in [0.2, 0.25) is 17.7 Å². The monoisotopic (exact) mass is 546 g/mol. The van der Waals surface area contributed by atoms with Gasteiger partial charge in [-0.25, -0.2) is 4.79 Å². The lowest BCUT2D eigenvalue weighted by Crippen LogP contribution is -2.58. The Labute approximate surface area is 222 Å². The second-order valence-corrected chi connectivity index (χ2v) is 8.88. The van der Waals surface area contributed by atoms with Gasteiger partial charge in [-0.3, -0.25) is 24.4 Å². The van der Waals surface area contributed by atoms with Crippen LogP contribution in [0.1, 0.15) is 46.0 Å². The zero-order chi connectivity index (χ0) is 28.5. The standard InChI is InChI=1S/C21H42N10O5S/c1-3-11(2)15(31-16(32)12(22)6-4-8-27-20(23)24)18(34)29-13(7-5-9-28-21(25)26)17(33)30-14(10-37)19(35)36/h11-15,37H,3-10,22H2,1-2H3,(H,29,34)(H,30,33)(H,31,32)(H,35,36)(H4,23,24,27)(H4,25,26,28). The van der Waals surface area contributed by atoms with Gasteiger partial charge in [-0.15, -0.1) is 0 Å². The lowest BCUT2D eigenvalue weighted by Gasteiger charge is -2.28. The predicted octanol–water partition coefficient (Wildman–Crippen LogP) is -3.06. The van der Waals surface area contributed by atoms with Crippen LogP contribution in [-0.4, -0.2) is 83.7 Å². The van der Waals surface area contributed by atoms with Gasteiger partial charge in [-0.1, -0.05) is 20.3 Å². The number of carbonyl (C=O) groups is 4. The molecule has 0 aromatic heterocycles. The number of rotatable bonds is 18. The maximum Gasteiger partial charge on any atom is 0.327 e. The number of carboxylic acid groups (broad SMARTS) is 1. The van der Waals surface area contributed by atoms with Crippen LogP contribution in [0.3, 0.4) is 0 Å². The Hall–Kier alpha value is -3.27. The average molecular weight is 547 g/mol. The van der Waals surface area contributed by atoms with Crippen molar-refractivity contribution in [3.63, 3.8) is 0 Å². The normalized spacial score (nSPS) is 14.7. The summed E-state index contributed by atoms with van der Waals surface area (Å²) in [7, 11) is 0. The van der Waals surface area contributed by atoms with E-state index in [2.05, 4.69) is 38.6 Å². The summed E-state index contributed by atoms with van der Waals surface area (Å²) >= 11 is 3.94. The first-order chi connectivity index (χ1) is 17.3. The lowest BCUT2D eigenvalue weighted by molar-refractivity contribution is -0.141. The van der Waals surface area contributed by atoms with Gasteiger partial charge in [-0.2, -0.15) is 12.6 Å². The van der Waals surface area contributed by atoms with E-state index in [1.165, 1.54) is 0 Å². The molecule has 0 spiro atoms. The van der Waals surface area contributed by atoms with Gasteiger partial charge < -0.3 is 49.7 Å². The van der Waals surface area contributed by atoms with Crippen molar-refractivity contribution in [2.75, 3.05) is 18.8 Å². The molecule has 0 heterocycles. The number of nitrogens with one attached hydrogen (secondary N) is 3. The van der Waals surface area contributed by atoms with Gasteiger partial charge in [0.05, 0.1) is 6.04 Å². The van der Waals surface area contributed by atoms with Crippen LogP contribution in [-0.2, 0) is 19.2 Å². The number of nitrogens with two attached hydrogens (primary N) is 5. The van der Waals surface area contributed by atoms with Gasteiger partial charge in [0.1, 0.15) is 18.1 Å². The summed E-state index contributed by atoms with van der Waals surface area (Å²) in [4.78, 5) is 57.7. The second kappa shape index (κ2) is 18.0. The number of hydrogen-bond donors (Lipinski definition) is 10. The number of guanidine groups is 2. The highest BCUT2D eigenvalue weighted by Gasteiger charge is 2.32. The van der Waals surface area contributed by atoms with Crippen LogP contribution in [0.5, 0.6) is 0 Å². The van der Waals surface area contributed by atoms with E-state index >= 15 is 0 Å². The summed E-state index contributed by atoms with van der Waals surface area (Å²) in [6.07, 6.45) is 1.71. The predicted molar refractivity (Wildman–Crippen MR) is 145 cm³/mol. The Morgan fingerprint density at radius 1 is 0.838 bits per heavy atom. The average Bonchev–Trinajstić information content (AvgIpc) is 2.83. The zero-order valence-corrected chi connectivity index (χ0v) is 22.2. The molecule has 15 nitrogen and oxygen atoms in total. The van der Waals surface area contributed by atoms with Crippen molar-refractivity contribution in [2.45, 2.75) is 70.1 Å². The maximum atomic E-state index is 13.2. The molecule has 0 bridgehead atoms. The van der Waals surface area contributed by atoms with Gasteiger partial charge in [-0.05, 0) is 31.6 Å². The highest BCUT2D eigenvalue weighted by atomic mass is 32.1. The van der Waals surface area contributed by atoms with Gasteiger partial charge in [0, 0.05) is 18.8 Å². The van der Waals surface area contributed by atoms with E-state index in [-0.39, 0.29) is 43.0 Å². The van der Waals surface area contributed by atoms with Gasteiger partial charge >= 0.3 is 5.97 Å². The number of aliphatic imine (C=N–C) groups is 2. The van der Waals surface area contributed by atoms with Crippen molar-refractivity contribution < 1.29 is 24.3 Å². The molecule has 5 unspecified atom stereocenters. The summed E-state index contributed by atoms with van der Waals surface area (Å²) in [5.41, 5.74) is 27.1. The number of carboxylic acids is 1. The van der Waals surface area contributed by atoms with Crippen LogP contribution in [0.25, 0.3) is 0 Å². The smallest absolute Gasteiger partial charge is 0.327 e. The van der Waals surface area contributed by atoms with E-state index in [1.54, 1.807) is 6.92 Å². The van der Waals surface area contributed by atoms with E-state index in [9.17, 15) is 24.3 Å². The molecule has 16 heteroatoms. The summed E-state index contributed by atoms with van der Waals surface area (Å²) < 4.78 is 0. The molecule has 212 valence electrons. The molecule has 0 saturated heterocycles. The minimum absolute atomic E-state index is 0.0625. The molecular weight excluding hydrogens is 504 g/mol. The highest BCUT2D eigenvalue weighted by Crippen LogP contribution is 2.11. The molecule has 0 aliphatic carbocycles. The quantitative estimate of drug-likeness (QED) is 0.0358. The third kappa shape index (κ3) is 14.2. The van der Waals surface area contributed by atoms with Crippen LogP contribution >= 0.6 is 12.6 Å². The number of hydrogen-bond acceptors (Lipinski definition) is 8. The molecule has 5 atom stereocenters. The Morgan fingerprint density at radius 2 is 1.35 bits per heavy atom. The van der Waals surface area contributed by atoms with Crippen LogP contribution in [0.15, 0.2) is 9.98 Å². The van der Waals surface area contributed by atoms with Gasteiger partial charge in [0.25, 0.3) is 0 Å². The molecule has 0 aliphatic rings. The lowest BCUT2D eigenvalue weighted by atomic mass is 9.97. The van der Waals surface area contributed by atoms with Crippen LogP contribution in [0.4, 0.5) is 0 Å². The van der Waals surface area contributed by atoms with E-state index in [0.29, 0.717) is 25.8 Å². The third-order valence-electron chi connectivity index (χ3n) is 5.47. The van der Waals surface area contributed by atoms with E-state index in [1.807, 2.05) is 6.92 Å². The van der Waals surface area contributed by atoms with Gasteiger partial charge in [0.15, 0.2) is 11.9 Å². The van der Waals surface area contributed by atoms with Crippen molar-refractivity contribution in [3.8, 4) is 0 Å². The molecule has 0 rings (SSSR count). The summed E-state index contributed by atoms with van der Waals surface area (Å²) in [6.45, 7) is 4.11. The minimum atomic E-state index is -1.27. The Bertz CT molecular complexity index is 818. The SMILES string of the molecule is CCC(C)C(NC(=O)C(N)CCCN=C(N)N)C(=O)NC(CCCN=C(N)N)C(=O)NC(CS)C(=O)O. The third-order valence-corrected chi connectivity index (χ3v) is 5.84. The molecule has 14 N–H and O–H groups in total. The van der Waals surface area contributed by atoms with Crippen LogP contribution in [0, 0.1) is 5.92 Å². The Balaban J connectivity index is 5.49. The van der Waals surface area contributed by atoms with Crippen molar-refractivity contribution in [2.24, 2.45) is 44.6 Å². The Kier molecular flexibility index (Phi) is 16.5. The number of nitrogens with zero attached hydrogens (tertiary/aromatic N) is 2. The Morgan fingerprint density at radius 3 is 1.81 bits per heavy atom. The summed E-state index contributed by atoms with van der Waals surface area (Å²) in [5, 5.41) is 16.9. The second-order valence-electron chi connectivity index (χ2n) is 8.52. The fourth-order valence-electron chi connectivity index (χ4n) is 3.10. The van der Waals surface area contributed by atoms with Crippen molar-refractivity contribution in [1.29, 1.82) is 0 Å². The zero-order valence-electron chi connectivity index (χ0n) is 21.4. The van der Waals surface area contributed by atoms with E-state index in [0.717, 1.165) is 0 Å². The molecule has 0 aliphatic heterocycles. The largest absolute Gasteiger partial charge is 0.480 e. The van der Waals surface area contributed by atoms with E-state index in [4.69, 9.17) is 28.7 Å². The molecule has 0 fully saturated rings. The topological polar surface area (TPSA) is 279 Å². The molecule has 0 saturated carbocycles. The maximum absolute atomic E-state index is 13.2.